The number of carbonyl (C=O) groups is 1. The summed E-state index contributed by atoms with van der Waals surface area (Å²) in [4.78, 5) is 15.6. The van der Waals surface area contributed by atoms with E-state index in [2.05, 4.69) is 16.4 Å². The van der Waals surface area contributed by atoms with Gasteiger partial charge in [0.2, 0.25) is 5.91 Å². The van der Waals surface area contributed by atoms with Crippen LogP contribution in [-0.4, -0.2) is 10.9 Å². The molecule has 0 aliphatic heterocycles. The molecule has 0 spiro atoms. The van der Waals surface area contributed by atoms with Crippen LogP contribution in [0.3, 0.4) is 0 Å². The van der Waals surface area contributed by atoms with Crippen LogP contribution in [0, 0.1) is 11.3 Å². The Labute approximate surface area is 169 Å². The van der Waals surface area contributed by atoms with E-state index < -0.39 is 5.91 Å². The van der Waals surface area contributed by atoms with Gasteiger partial charge in [0, 0.05) is 33.4 Å². The largest absolute Gasteiger partial charge is 0.366 e. The molecule has 0 saturated heterocycles. The zero-order valence-corrected chi connectivity index (χ0v) is 16.1. The second-order valence-electron chi connectivity index (χ2n) is 5.42. The average Bonchev–Trinajstić information content (AvgIpc) is 3.12. The number of allylic oxidation sites excluding steroid dienone is 1. The Morgan fingerprint density at radius 1 is 1.22 bits per heavy atom. The minimum absolute atomic E-state index is 0.371. The highest BCUT2D eigenvalue weighted by atomic mass is 35.5. The number of anilines is 1. The molecule has 3 aromatic rings. The number of thiazole rings is 1. The van der Waals surface area contributed by atoms with E-state index >= 15 is 0 Å². The number of carbonyl (C=O) groups excluding carboxylic acids is 1. The maximum atomic E-state index is 11.1. The highest BCUT2D eigenvalue weighted by molar-refractivity contribution is 7.11. The van der Waals surface area contributed by atoms with Gasteiger partial charge in [-0.3, -0.25) is 4.79 Å². The molecule has 0 atom stereocenters. The third-order valence-corrected chi connectivity index (χ3v) is 5.04. The third-order valence-electron chi connectivity index (χ3n) is 3.61. The molecule has 134 valence electrons. The first-order valence-corrected chi connectivity index (χ1v) is 9.29. The Morgan fingerprint density at radius 3 is 2.59 bits per heavy atom. The van der Waals surface area contributed by atoms with Crippen molar-refractivity contribution in [2.75, 3.05) is 5.32 Å². The van der Waals surface area contributed by atoms with Gasteiger partial charge in [-0.25, -0.2) is 4.98 Å². The molecule has 0 aliphatic rings. The van der Waals surface area contributed by atoms with Crippen molar-refractivity contribution in [2.45, 2.75) is 0 Å². The molecular formula is C19H12Cl2N4OS. The molecule has 3 rings (SSSR count). The summed E-state index contributed by atoms with van der Waals surface area (Å²) >= 11 is 13.5. The predicted molar refractivity (Wildman–Crippen MR) is 110 cm³/mol. The van der Waals surface area contributed by atoms with Crippen LogP contribution in [0.1, 0.15) is 15.4 Å². The quantitative estimate of drug-likeness (QED) is 0.561. The van der Waals surface area contributed by atoms with E-state index in [4.69, 9.17) is 28.9 Å². The maximum Gasteiger partial charge on any atom is 0.248 e. The number of nitriles is 1. The van der Waals surface area contributed by atoms with Crippen molar-refractivity contribution in [3.05, 3.63) is 74.7 Å². The fraction of sp³-hybridized carbons (Fsp3) is 0. The number of benzene rings is 2. The van der Waals surface area contributed by atoms with Crippen molar-refractivity contribution in [3.8, 4) is 17.3 Å². The topological polar surface area (TPSA) is 91.8 Å². The van der Waals surface area contributed by atoms with Gasteiger partial charge in [-0.15, -0.1) is 11.3 Å². The molecule has 27 heavy (non-hydrogen) atoms. The number of nitrogens with one attached hydrogen (secondary N) is 1. The Hall–Kier alpha value is -2.85. The lowest BCUT2D eigenvalue weighted by Crippen LogP contribution is -2.10. The van der Waals surface area contributed by atoms with E-state index in [0.29, 0.717) is 37.6 Å². The number of aromatic nitrogens is 1. The van der Waals surface area contributed by atoms with Gasteiger partial charge in [-0.2, -0.15) is 5.26 Å². The number of hydrogen-bond acceptors (Lipinski definition) is 5. The second-order valence-corrected chi connectivity index (χ2v) is 7.12. The van der Waals surface area contributed by atoms with E-state index in [1.807, 2.05) is 5.38 Å². The molecule has 1 aromatic heterocycles. The third kappa shape index (κ3) is 4.47. The number of rotatable bonds is 5. The molecule has 0 bridgehead atoms. The molecule has 3 N–H and O–H groups in total. The molecule has 0 radical (unpaired) electrons. The molecule has 8 heteroatoms. The molecule has 1 heterocycles. The lowest BCUT2D eigenvalue weighted by molar-refractivity contribution is 0.100. The van der Waals surface area contributed by atoms with Gasteiger partial charge in [0.05, 0.1) is 10.7 Å². The SMILES string of the molecule is N#C/C(=C\Nc1ccc(C(N)=O)cc1)c1nc(-c2ccc(Cl)cc2Cl)cs1. The lowest BCUT2D eigenvalue weighted by Gasteiger charge is -2.03. The zero-order chi connectivity index (χ0) is 19.4. The van der Waals surface area contributed by atoms with Crippen LogP contribution in [0.5, 0.6) is 0 Å². The highest BCUT2D eigenvalue weighted by Gasteiger charge is 2.11. The molecule has 0 saturated carbocycles. The Bertz CT molecular complexity index is 1070. The smallest absolute Gasteiger partial charge is 0.248 e. The summed E-state index contributed by atoms with van der Waals surface area (Å²) in [5, 5.41) is 15.9. The predicted octanol–water partition coefficient (Wildman–Crippen LogP) is 5.19. The fourth-order valence-electron chi connectivity index (χ4n) is 2.25. The first-order valence-electron chi connectivity index (χ1n) is 7.66. The van der Waals surface area contributed by atoms with E-state index in [1.165, 1.54) is 11.3 Å². The summed E-state index contributed by atoms with van der Waals surface area (Å²) in [5.74, 6) is -0.494. The van der Waals surface area contributed by atoms with Crippen LogP contribution in [0.15, 0.2) is 54.0 Å². The van der Waals surface area contributed by atoms with Gasteiger partial charge in [-0.05, 0) is 42.5 Å². The molecule has 0 unspecified atom stereocenters. The summed E-state index contributed by atoms with van der Waals surface area (Å²) in [6.45, 7) is 0. The fourth-order valence-corrected chi connectivity index (χ4v) is 3.54. The molecule has 0 fully saturated rings. The number of primary amides is 1. The molecule has 2 aromatic carbocycles. The van der Waals surface area contributed by atoms with Crippen molar-refractivity contribution in [1.29, 1.82) is 5.26 Å². The van der Waals surface area contributed by atoms with Crippen LogP contribution in [0.4, 0.5) is 5.69 Å². The minimum atomic E-state index is -0.494. The Morgan fingerprint density at radius 2 is 1.96 bits per heavy atom. The van der Waals surface area contributed by atoms with Gasteiger partial charge in [0.25, 0.3) is 0 Å². The van der Waals surface area contributed by atoms with E-state index in [0.717, 1.165) is 5.56 Å². The standard InChI is InChI=1S/C19H12Cl2N4OS/c20-13-3-6-15(16(21)7-13)17-10-27-19(25-17)12(8-22)9-24-14-4-1-11(2-5-14)18(23)26/h1-7,9-10,24H,(H2,23,26)/b12-9+. The van der Waals surface area contributed by atoms with E-state index in [9.17, 15) is 10.1 Å². The summed E-state index contributed by atoms with van der Waals surface area (Å²) in [5.41, 5.74) is 8.13. The first kappa shape index (κ1) is 18.9. The number of nitrogens with two attached hydrogens (primary N) is 1. The Balaban J connectivity index is 1.81. The van der Waals surface area contributed by atoms with Gasteiger partial charge >= 0.3 is 0 Å². The van der Waals surface area contributed by atoms with Crippen molar-refractivity contribution in [3.63, 3.8) is 0 Å². The molecule has 1 amide bonds. The lowest BCUT2D eigenvalue weighted by atomic mass is 10.2. The first-order chi connectivity index (χ1) is 13.0. The van der Waals surface area contributed by atoms with Crippen molar-refractivity contribution < 1.29 is 4.79 Å². The van der Waals surface area contributed by atoms with Crippen molar-refractivity contribution in [1.82, 2.24) is 4.98 Å². The number of hydrogen-bond donors (Lipinski definition) is 2. The minimum Gasteiger partial charge on any atom is -0.366 e. The summed E-state index contributed by atoms with van der Waals surface area (Å²) < 4.78 is 0. The number of nitrogens with zero attached hydrogens (tertiary/aromatic N) is 2. The van der Waals surface area contributed by atoms with Gasteiger partial charge in [0.15, 0.2) is 0 Å². The maximum absolute atomic E-state index is 11.1. The Kier molecular flexibility index (Phi) is 5.77. The second kappa shape index (κ2) is 8.23. The normalized spacial score (nSPS) is 11.1. The van der Waals surface area contributed by atoms with Gasteiger partial charge in [0.1, 0.15) is 16.6 Å². The molecule has 0 aliphatic carbocycles. The van der Waals surface area contributed by atoms with Gasteiger partial charge in [-0.1, -0.05) is 23.2 Å². The summed E-state index contributed by atoms with van der Waals surface area (Å²) in [6.07, 6.45) is 1.56. The monoisotopic (exact) mass is 414 g/mol. The number of halogens is 2. The van der Waals surface area contributed by atoms with Crippen LogP contribution in [-0.2, 0) is 0 Å². The number of amides is 1. The zero-order valence-electron chi connectivity index (χ0n) is 13.7. The van der Waals surface area contributed by atoms with Crippen LogP contribution >= 0.6 is 34.5 Å². The van der Waals surface area contributed by atoms with Crippen LogP contribution < -0.4 is 11.1 Å². The van der Waals surface area contributed by atoms with Crippen LogP contribution in [0.2, 0.25) is 10.0 Å². The van der Waals surface area contributed by atoms with E-state index in [1.54, 1.807) is 48.7 Å². The summed E-state index contributed by atoms with van der Waals surface area (Å²) in [6, 6.07) is 13.9. The van der Waals surface area contributed by atoms with Crippen molar-refractivity contribution >= 4 is 51.7 Å². The summed E-state index contributed by atoms with van der Waals surface area (Å²) in [7, 11) is 0. The van der Waals surface area contributed by atoms with Crippen LogP contribution in [0.25, 0.3) is 16.8 Å². The molecule has 5 nitrogen and oxygen atoms in total. The average molecular weight is 415 g/mol. The van der Waals surface area contributed by atoms with Crippen molar-refractivity contribution in [2.24, 2.45) is 5.73 Å². The highest BCUT2D eigenvalue weighted by Crippen LogP contribution is 2.32. The molecular weight excluding hydrogens is 403 g/mol. The van der Waals surface area contributed by atoms with Gasteiger partial charge < -0.3 is 11.1 Å². The van der Waals surface area contributed by atoms with E-state index in [-0.39, 0.29) is 0 Å².